The van der Waals surface area contributed by atoms with E-state index in [2.05, 4.69) is 10.3 Å². The van der Waals surface area contributed by atoms with Crippen molar-refractivity contribution in [2.75, 3.05) is 17.7 Å². The number of hydrogen-bond acceptors (Lipinski definition) is 4. The van der Waals surface area contributed by atoms with E-state index in [1.807, 2.05) is 0 Å². The Morgan fingerprint density at radius 1 is 1.26 bits per heavy atom. The fraction of sp³-hybridized carbons (Fsp3) is 0.0769. The first-order chi connectivity index (χ1) is 9.13. The highest BCUT2D eigenvalue weighted by Crippen LogP contribution is 2.13. The van der Waals surface area contributed by atoms with Crippen LogP contribution in [0.15, 0.2) is 42.6 Å². The minimum absolute atomic E-state index is 0.164. The number of carbonyl (C=O) groups excluding carboxylic acids is 1. The summed E-state index contributed by atoms with van der Waals surface area (Å²) < 4.78 is 17.9. The van der Waals surface area contributed by atoms with Crippen molar-refractivity contribution in [1.82, 2.24) is 4.98 Å². The first-order valence-corrected chi connectivity index (χ1v) is 5.53. The molecule has 98 valence electrons. The molecule has 0 aliphatic rings. The van der Waals surface area contributed by atoms with Gasteiger partial charge >= 0.3 is 0 Å². The van der Waals surface area contributed by atoms with E-state index >= 15 is 0 Å². The van der Waals surface area contributed by atoms with Gasteiger partial charge in [-0.05, 0) is 36.4 Å². The number of carbonyl (C=O) groups is 1. The van der Waals surface area contributed by atoms with E-state index in [1.165, 1.54) is 12.1 Å². The molecule has 6 heteroatoms. The number of nitrogens with one attached hydrogen (secondary N) is 1. The minimum atomic E-state index is -0.462. The first kappa shape index (κ1) is 12.8. The van der Waals surface area contributed by atoms with E-state index in [1.54, 1.807) is 24.3 Å². The molecule has 0 aliphatic carbocycles. The fourth-order valence-corrected chi connectivity index (χ4v) is 1.34. The van der Waals surface area contributed by atoms with Crippen molar-refractivity contribution in [1.29, 1.82) is 0 Å². The molecule has 5 nitrogen and oxygen atoms in total. The Morgan fingerprint density at radius 3 is 2.63 bits per heavy atom. The zero-order valence-corrected chi connectivity index (χ0v) is 9.97. The molecular formula is C13H12FN3O2. The van der Waals surface area contributed by atoms with Crippen molar-refractivity contribution < 1.29 is 13.9 Å². The normalized spacial score (nSPS) is 9.95. The van der Waals surface area contributed by atoms with E-state index < -0.39 is 5.82 Å². The van der Waals surface area contributed by atoms with Gasteiger partial charge in [-0.3, -0.25) is 4.79 Å². The van der Waals surface area contributed by atoms with Crippen LogP contribution in [-0.4, -0.2) is 17.5 Å². The Hall–Kier alpha value is -2.63. The summed E-state index contributed by atoms with van der Waals surface area (Å²) in [5.41, 5.74) is 6.14. The maximum absolute atomic E-state index is 12.6. The van der Waals surface area contributed by atoms with Gasteiger partial charge in [-0.1, -0.05) is 0 Å². The average molecular weight is 261 g/mol. The van der Waals surface area contributed by atoms with Gasteiger partial charge in [0.05, 0.1) is 6.20 Å². The zero-order valence-electron chi connectivity index (χ0n) is 9.97. The van der Waals surface area contributed by atoms with Crippen molar-refractivity contribution in [2.45, 2.75) is 0 Å². The molecule has 1 amide bonds. The molecular weight excluding hydrogens is 249 g/mol. The summed E-state index contributed by atoms with van der Waals surface area (Å²) in [6, 6.07) is 9.26. The summed E-state index contributed by atoms with van der Waals surface area (Å²) in [5, 5.41) is 2.48. The third kappa shape index (κ3) is 3.95. The van der Waals surface area contributed by atoms with Gasteiger partial charge in [-0.25, -0.2) is 9.37 Å². The monoisotopic (exact) mass is 261 g/mol. The number of pyridine rings is 1. The second kappa shape index (κ2) is 5.81. The Balaban J connectivity index is 1.84. The van der Waals surface area contributed by atoms with Crippen molar-refractivity contribution in [3.8, 4) is 5.75 Å². The lowest BCUT2D eigenvalue weighted by Gasteiger charge is -2.07. The lowest BCUT2D eigenvalue weighted by atomic mass is 10.3. The summed E-state index contributed by atoms with van der Waals surface area (Å²) in [5.74, 6) is -0.0317. The van der Waals surface area contributed by atoms with E-state index in [0.29, 0.717) is 11.4 Å². The summed E-state index contributed by atoms with van der Waals surface area (Å²) in [6.45, 7) is -0.164. The molecule has 0 bridgehead atoms. The van der Waals surface area contributed by atoms with Gasteiger partial charge < -0.3 is 15.8 Å². The van der Waals surface area contributed by atoms with E-state index in [0.717, 1.165) is 6.20 Å². The molecule has 0 aliphatic heterocycles. The smallest absolute Gasteiger partial charge is 0.263 e. The van der Waals surface area contributed by atoms with Crippen molar-refractivity contribution >= 4 is 17.4 Å². The van der Waals surface area contributed by atoms with Crippen LogP contribution < -0.4 is 15.8 Å². The van der Waals surface area contributed by atoms with Crippen molar-refractivity contribution in [2.24, 2.45) is 0 Å². The number of nitrogens with two attached hydrogens (primary N) is 1. The maximum atomic E-state index is 12.6. The Morgan fingerprint density at radius 2 is 2.00 bits per heavy atom. The van der Waals surface area contributed by atoms with Gasteiger partial charge in [0.15, 0.2) is 6.61 Å². The number of anilines is 2. The second-order valence-corrected chi connectivity index (χ2v) is 3.77. The maximum Gasteiger partial charge on any atom is 0.263 e. The van der Waals surface area contributed by atoms with Crippen LogP contribution >= 0.6 is 0 Å². The molecule has 0 atom stereocenters. The first-order valence-electron chi connectivity index (χ1n) is 5.53. The number of halogens is 1. The molecule has 2 rings (SSSR count). The molecule has 0 fully saturated rings. The van der Waals surface area contributed by atoms with Crippen LogP contribution in [0.2, 0.25) is 0 Å². The molecule has 1 aromatic heterocycles. The Bertz CT molecular complexity index is 555. The molecule has 0 saturated heterocycles. The third-order valence-electron chi connectivity index (χ3n) is 2.24. The molecule has 0 spiro atoms. The second-order valence-electron chi connectivity index (χ2n) is 3.77. The van der Waals surface area contributed by atoms with Gasteiger partial charge in [-0.2, -0.15) is 0 Å². The van der Waals surface area contributed by atoms with Gasteiger partial charge in [0.25, 0.3) is 5.91 Å². The number of nitrogens with zero attached hydrogens (tertiary/aromatic N) is 1. The number of hydrogen-bond donors (Lipinski definition) is 2. The highest BCUT2D eigenvalue weighted by Gasteiger charge is 2.04. The molecule has 1 aromatic carbocycles. The van der Waals surface area contributed by atoms with Crippen molar-refractivity contribution in [3.05, 3.63) is 48.4 Å². The predicted octanol–water partition coefficient (Wildman–Crippen LogP) is 1.82. The lowest BCUT2D eigenvalue weighted by molar-refractivity contribution is -0.118. The van der Waals surface area contributed by atoms with Gasteiger partial charge in [0.1, 0.15) is 17.4 Å². The number of benzene rings is 1. The molecule has 0 unspecified atom stereocenters. The van der Waals surface area contributed by atoms with E-state index in [-0.39, 0.29) is 18.3 Å². The van der Waals surface area contributed by atoms with E-state index in [9.17, 15) is 9.18 Å². The lowest BCUT2D eigenvalue weighted by Crippen LogP contribution is -2.20. The number of rotatable bonds is 4. The highest BCUT2D eigenvalue weighted by atomic mass is 19.1. The van der Waals surface area contributed by atoms with Gasteiger partial charge in [0.2, 0.25) is 0 Å². The SMILES string of the molecule is Nc1ccc(OCC(=O)Nc2ccc(F)cn2)cc1. The van der Waals surface area contributed by atoms with Crippen LogP contribution in [-0.2, 0) is 4.79 Å². The standard InChI is InChI=1S/C13H12FN3O2/c14-9-1-6-12(16-7-9)17-13(18)8-19-11-4-2-10(15)3-5-11/h1-7H,8,15H2,(H,16,17,18). The fourth-order valence-electron chi connectivity index (χ4n) is 1.34. The van der Waals surface area contributed by atoms with Crippen LogP contribution in [0.25, 0.3) is 0 Å². The summed E-state index contributed by atoms with van der Waals surface area (Å²) in [4.78, 5) is 15.2. The number of aromatic nitrogens is 1. The van der Waals surface area contributed by atoms with Gasteiger partial charge in [0, 0.05) is 5.69 Å². The molecule has 19 heavy (non-hydrogen) atoms. The summed E-state index contributed by atoms with van der Waals surface area (Å²) in [6.07, 6.45) is 1.02. The molecule has 3 N–H and O–H groups in total. The summed E-state index contributed by atoms with van der Waals surface area (Å²) >= 11 is 0. The minimum Gasteiger partial charge on any atom is -0.484 e. The number of ether oxygens (including phenoxy) is 1. The summed E-state index contributed by atoms with van der Waals surface area (Å²) in [7, 11) is 0. The Labute approximate surface area is 109 Å². The van der Waals surface area contributed by atoms with Crippen LogP contribution in [0.5, 0.6) is 5.75 Å². The topological polar surface area (TPSA) is 77.2 Å². The number of amides is 1. The van der Waals surface area contributed by atoms with Crippen LogP contribution in [0.3, 0.4) is 0 Å². The van der Waals surface area contributed by atoms with Crippen LogP contribution in [0.1, 0.15) is 0 Å². The van der Waals surface area contributed by atoms with E-state index in [4.69, 9.17) is 10.5 Å². The van der Waals surface area contributed by atoms with Crippen LogP contribution in [0, 0.1) is 5.82 Å². The van der Waals surface area contributed by atoms with Crippen LogP contribution in [0.4, 0.5) is 15.9 Å². The number of nitrogen functional groups attached to an aromatic ring is 1. The molecule has 0 radical (unpaired) electrons. The quantitative estimate of drug-likeness (QED) is 0.823. The largest absolute Gasteiger partial charge is 0.484 e. The Kier molecular flexibility index (Phi) is 3.92. The predicted molar refractivity (Wildman–Crippen MR) is 69.2 cm³/mol. The average Bonchev–Trinajstić information content (AvgIpc) is 2.41. The van der Waals surface area contributed by atoms with Crippen molar-refractivity contribution in [3.63, 3.8) is 0 Å². The molecule has 2 aromatic rings. The highest BCUT2D eigenvalue weighted by molar-refractivity contribution is 5.90. The zero-order chi connectivity index (χ0) is 13.7. The van der Waals surface area contributed by atoms with Gasteiger partial charge in [-0.15, -0.1) is 0 Å². The molecule has 0 saturated carbocycles. The third-order valence-corrected chi connectivity index (χ3v) is 2.24. The molecule has 1 heterocycles.